The zero-order valence-electron chi connectivity index (χ0n) is 10.0. The highest BCUT2D eigenvalue weighted by atomic mass is 79.9. The maximum absolute atomic E-state index is 13.3. The van der Waals surface area contributed by atoms with E-state index in [2.05, 4.69) is 26.0 Å². The Kier molecular flexibility index (Phi) is 2.98. The van der Waals surface area contributed by atoms with Crippen LogP contribution in [0.25, 0.3) is 16.7 Å². The van der Waals surface area contributed by atoms with Gasteiger partial charge in [0.25, 0.3) is 5.91 Å². The third kappa shape index (κ3) is 2.05. The van der Waals surface area contributed by atoms with Crippen LogP contribution >= 0.6 is 15.9 Å². The molecule has 0 bridgehead atoms. The Labute approximate surface area is 121 Å². The molecule has 0 spiro atoms. The van der Waals surface area contributed by atoms with Crippen LogP contribution in [0.4, 0.5) is 4.39 Å². The van der Waals surface area contributed by atoms with Gasteiger partial charge in [0.15, 0.2) is 5.65 Å². The predicted molar refractivity (Wildman–Crippen MR) is 75.0 cm³/mol. The Bertz CT molecular complexity index is 830. The van der Waals surface area contributed by atoms with Crippen molar-refractivity contribution in [3.8, 4) is 5.69 Å². The normalized spacial score (nSPS) is 10.9. The first-order valence-electron chi connectivity index (χ1n) is 5.66. The number of nitrogens with two attached hydrogens (primary N) is 1. The number of carbonyl (C=O) groups is 1. The number of nitrogens with zero attached hydrogens (tertiary/aromatic N) is 3. The van der Waals surface area contributed by atoms with E-state index in [0.717, 1.165) is 10.7 Å². The van der Waals surface area contributed by atoms with Crippen molar-refractivity contribution in [2.45, 2.75) is 0 Å². The molecule has 5 nitrogen and oxygen atoms in total. The first kappa shape index (κ1) is 12.7. The Hall–Kier alpha value is -2.28. The summed E-state index contributed by atoms with van der Waals surface area (Å²) in [5.74, 6) is -1.24. The molecule has 0 aliphatic carbocycles. The summed E-state index contributed by atoms with van der Waals surface area (Å²) in [6.45, 7) is 0. The van der Waals surface area contributed by atoms with Crippen LogP contribution in [-0.4, -0.2) is 20.7 Å². The van der Waals surface area contributed by atoms with Gasteiger partial charge in [0, 0.05) is 4.47 Å². The monoisotopic (exact) mass is 334 g/mol. The van der Waals surface area contributed by atoms with Gasteiger partial charge in [0.2, 0.25) is 0 Å². The standard InChI is InChI=1S/C13H8BrFN4O/c14-7-2-1-3-9(4-7)19-11(12(16)20)10-5-8(15)6-17-13(10)18-19/h1-6H,(H2,16,20). The molecule has 7 heteroatoms. The van der Waals surface area contributed by atoms with Gasteiger partial charge in [0.05, 0.1) is 17.3 Å². The van der Waals surface area contributed by atoms with E-state index in [9.17, 15) is 9.18 Å². The van der Waals surface area contributed by atoms with E-state index >= 15 is 0 Å². The number of carbonyl (C=O) groups excluding carboxylic acids is 1. The third-order valence-electron chi connectivity index (χ3n) is 2.78. The fourth-order valence-corrected chi connectivity index (χ4v) is 2.36. The number of rotatable bonds is 2. The van der Waals surface area contributed by atoms with Gasteiger partial charge in [-0.25, -0.2) is 14.1 Å². The van der Waals surface area contributed by atoms with Crippen LogP contribution in [0.2, 0.25) is 0 Å². The van der Waals surface area contributed by atoms with Gasteiger partial charge >= 0.3 is 0 Å². The van der Waals surface area contributed by atoms with Crippen molar-refractivity contribution in [2.75, 3.05) is 0 Å². The molecule has 2 aromatic heterocycles. The van der Waals surface area contributed by atoms with Gasteiger partial charge in [-0.2, -0.15) is 0 Å². The summed E-state index contributed by atoms with van der Waals surface area (Å²) >= 11 is 3.34. The molecule has 100 valence electrons. The van der Waals surface area contributed by atoms with Gasteiger partial charge in [-0.15, -0.1) is 5.10 Å². The van der Waals surface area contributed by atoms with Crippen LogP contribution in [0.1, 0.15) is 10.5 Å². The molecule has 3 rings (SSSR count). The van der Waals surface area contributed by atoms with E-state index in [1.807, 2.05) is 6.07 Å². The lowest BCUT2D eigenvalue weighted by atomic mass is 10.2. The van der Waals surface area contributed by atoms with Crippen molar-refractivity contribution in [2.24, 2.45) is 5.73 Å². The first-order valence-corrected chi connectivity index (χ1v) is 6.45. The van der Waals surface area contributed by atoms with E-state index in [-0.39, 0.29) is 16.7 Å². The summed E-state index contributed by atoms with van der Waals surface area (Å²) in [6.07, 6.45) is 1.05. The molecule has 20 heavy (non-hydrogen) atoms. The summed E-state index contributed by atoms with van der Waals surface area (Å²) in [5.41, 5.74) is 6.39. The van der Waals surface area contributed by atoms with Crippen molar-refractivity contribution in [3.05, 3.63) is 52.5 Å². The molecule has 0 fully saturated rings. The smallest absolute Gasteiger partial charge is 0.268 e. The predicted octanol–water partition coefficient (Wildman–Crippen LogP) is 2.42. The molecule has 0 saturated carbocycles. The number of hydrogen-bond acceptors (Lipinski definition) is 3. The zero-order valence-corrected chi connectivity index (χ0v) is 11.6. The molecule has 0 atom stereocenters. The Morgan fingerprint density at radius 3 is 2.85 bits per heavy atom. The van der Waals surface area contributed by atoms with Gasteiger partial charge in [-0.05, 0) is 24.3 Å². The zero-order chi connectivity index (χ0) is 14.3. The van der Waals surface area contributed by atoms with Gasteiger partial charge in [-0.1, -0.05) is 22.0 Å². The van der Waals surface area contributed by atoms with E-state index in [0.29, 0.717) is 5.69 Å². The lowest BCUT2D eigenvalue weighted by Crippen LogP contribution is -2.17. The van der Waals surface area contributed by atoms with Crippen molar-refractivity contribution >= 4 is 32.9 Å². The van der Waals surface area contributed by atoms with Crippen LogP contribution < -0.4 is 5.73 Å². The van der Waals surface area contributed by atoms with Crippen LogP contribution in [0.15, 0.2) is 41.0 Å². The van der Waals surface area contributed by atoms with Crippen LogP contribution in [0.3, 0.4) is 0 Å². The van der Waals surface area contributed by atoms with Crippen LogP contribution in [0, 0.1) is 5.82 Å². The summed E-state index contributed by atoms with van der Waals surface area (Å²) in [5, 5.41) is 4.49. The molecule has 3 aromatic rings. The number of fused-ring (bicyclic) bond motifs is 1. The summed E-state index contributed by atoms with van der Waals surface area (Å²) in [6, 6.07) is 8.37. The number of halogens is 2. The fourth-order valence-electron chi connectivity index (χ4n) is 1.98. The van der Waals surface area contributed by atoms with Crippen molar-refractivity contribution in [1.29, 1.82) is 0 Å². The highest BCUT2D eigenvalue weighted by Gasteiger charge is 2.18. The maximum Gasteiger partial charge on any atom is 0.268 e. The highest BCUT2D eigenvalue weighted by Crippen LogP contribution is 2.22. The number of hydrogen-bond donors (Lipinski definition) is 1. The average Bonchev–Trinajstić information content (AvgIpc) is 2.77. The van der Waals surface area contributed by atoms with Gasteiger partial charge < -0.3 is 5.73 Å². The summed E-state index contributed by atoms with van der Waals surface area (Å²) in [7, 11) is 0. The molecule has 2 N–H and O–H groups in total. The SMILES string of the molecule is NC(=O)c1c2cc(F)cnc2nn1-c1cccc(Br)c1. The molecular formula is C13H8BrFN4O. The summed E-state index contributed by atoms with van der Waals surface area (Å²) in [4.78, 5) is 15.5. The van der Waals surface area contributed by atoms with E-state index in [1.165, 1.54) is 10.7 Å². The molecule has 2 heterocycles. The van der Waals surface area contributed by atoms with E-state index < -0.39 is 11.7 Å². The Balaban J connectivity index is 2.35. The molecule has 0 aliphatic heterocycles. The average molecular weight is 335 g/mol. The van der Waals surface area contributed by atoms with E-state index in [1.54, 1.807) is 18.2 Å². The number of pyridine rings is 1. The van der Waals surface area contributed by atoms with Gasteiger partial charge in [-0.3, -0.25) is 4.79 Å². The minimum Gasteiger partial charge on any atom is -0.364 e. The van der Waals surface area contributed by atoms with E-state index in [4.69, 9.17) is 5.73 Å². The lowest BCUT2D eigenvalue weighted by Gasteiger charge is -2.05. The lowest BCUT2D eigenvalue weighted by molar-refractivity contribution is 0.0994. The minimum absolute atomic E-state index is 0.102. The second-order valence-corrected chi connectivity index (χ2v) is 5.04. The number of aromatic nitrogens is 3. The molecule has 0 unspecified atom stereocenters. The van der Waals surface area contributed by atoms with Crippen LogP contribution in [-0.2, 0) is 0 Å². The topological polar surface area (TPSA) is 73.8 Å². The number of benzene rings is 1. The quantitative estimate of drug-likeness (QED) is 0.782. The maximum atomic E-state index is 13.3. The second-order valence-electron chi connectivity index (χ2n) is 4.13. The first-order chi connectivity index (χ1) is 9.56. The summed E-state index contributed by atoms with van der Waals surface area (Å²) < 4.78 is 15.5. The molecule has 1 aromatic carbocycles. The van der Waals surface area contributed by atoms with Crippen molar-refractivity contribution in [3.63, 3.8) is 0 Å². The second kappa shape index (κ2) is 4.68. The largest absolute Gasteiger partial charge is 0.364 e. The molecule has 0 saturated heterocycles. The number of amides is 1. The Morgan fingerprint density at radius 1 is 1.35 bits per heavy atom. The minimum atomic E-state index is -0.695. The third-order valence-corrected chi connectivity index (χ3v) is 3.27. The molecular weight excluding hydrogens is 327 g/mol. The highest BCUT2D eigenvalue weighted by molar-refractivity contribution is 9.10. The molecule has 1 amide bonds. The molecule has 0 aliphatic rings. The van der Waals surface area contributed by atoms with Crippen molar-refractivity contribution in [1.82, 2.24) is 14.8 Å². The fraction of sp³-hybridized carbons (Fsp3) is 0. The van der Waals surface area contributed by atoms with Crippen molar-refractivity contribution < 1.29 is 9.18 Å². The Morgan fingerprint density at radius 2 is 2.15 bits per heavy atom. The van der Waals surface area contributed by atoms with Crippen LogP contribution in [0.5, 0.6) is 0 Å². The number of primary amides is 1. The van der Waals surface area contributed by atoms with Gasteiger partial charge in [0.1, 0.15) is 11.5 Å². The molecule has 0 radical (unpaired) electrons.